The highest BCUT2D eigenvalue weighted by Gasteiger charge is 2.12. The number of rotatable bonds is 8. The molecule has 0 aliphatic rings. The lowest BCUT2D eigenvalue weighted by atomic mass is 10.1. The van der Waals surface area contributed by atoms with Gasteiger partial charge in [-0.3, -0.25) is 4.90 Å². The summed E-state index contributed by atoms with van der Waals surface area (Å²) < 4.78 is 0. The molecule has 1 heterocycles. The second kappa shape index (κ2) is 7.77. The molecule has 0 amide bonds. The first kappa shape index (κ1) is 17.2. The van der Waals surface area contributed by atoms with E-state index < -0.39 is 0 Å². The quantitative estimate of drug-likeness (QED) is 0.725. The van der Waals surface area contributed by atoms with Crippen LogP contribution in [0.5, 0.6) is 0 Å². The highest BCUT2D eigenvalue weighted by Crippen LogP contribution is 2.23. The van der Waals surface area contributed by atoms with E-state index in [0.29, 0.717) is 0 Å². The molecule has 112 valence electrons. The van der Waals surface area contributed by atoms with Gasteiger partial charge in [-0.1, -0.05) is 12.2 Å². The lowest BCUT2D eigenvalue weighted by Crippen LogP contribution is -2.34. The first-order valence-electron chi connectivity index (χ1n) is 7.13. The maximum Gasteiger partial charge on any atom is 0.0304 e. The van der Waals surface area contributed by atoms with Crippen LogP contribution in [-0.2, 0) is 13.1 Å². The van der Waals surface area contributed by atoms with Crippen LogP contribution in [0.3, 0.4) is 0 Å². The number of hydrogen-bond donors (Lipinski definition) is 1. The van der Waals surface area contributed by atoms with Gasteiger partial charge in [-0.25, -0.2) is 0 Å². The minimum atomic E-state index is 0.162. The molecule has 0 saturated heterocycles. The minimum Gasteiger partial charge on any atom is -0.307 e. The van der Waals surface area contributed by atoms with Crippen molar-refractivity contribution in [3.05, 3.63) is 46.7 Å². The second-order valence-electron chi connectivity index (χ2n) is 6.17. The molecule has 1 N–H and O–H groups in total. The van der Waals surface area contributed by atoms with Crippen molar-refractivity contribution in [2.45, 2.75) is 46.3 Å². The molecule has 0 aliphatic carbocycles. The Kier molecular flexibility index (Phi) is 6.66. The van der Waals surface area contributed by atoms with Crippen molar-refractivity contribution >= 4 is 11.3 Å². The Morgan fingerprint density at radius 3 is 2.35 bits per heavy atom. The molecule has 0 aliphatic heterocycles. The number of nitrogens with one attached hydrogen (secondary N) is 1. The van der Waals surface area contributed by atoms with Gasteiger partial charge < -0.3 is 5.32 Å². The van der Waals surface area contributed by atoms with Crippen LogP contribution in [0.1, 0.15) is 36.1 Å². The van der Waals surface area contributed by atoms with Gasteiger partial charge in [0, 0.05) is 41.5 Å². The normalized spacial score (nSPS) is 11.8. The molecule has 0 bridgehead atoms. The Bertz CT molecular complexity index is 430. The van der Waals surface area contributed by atoms with Crippen molar-refractivity contribution in [2.75, 3.05) is 13.1 Å². The third-order valence-electron chi connectivity index (χ3n) is 3.03. The van der Waals surface area contributed by atoms with Crippen molar-refractivity contribution < 1.29 is 0 Å². The molecule has 2 nitrogen and oxygen atoms in total. The molecule has 0 aromatic carbocycles. The molecule has 0 atom stereocenters. The van der Waals surface area contributed by atoms with E-state index in [1.54, 1.807) is 0 Å². The van der Waals surface area contributed by atoms with Gasteiger partial charge in [-0.05, 0) is 39.3 Å². The molecular weight excluding hydrogens is 264 g/mol. The highest BCUT2D eigenvalue weighted by molar-refractivity contribution is 7.12. The zero-order chi connectivity index (χ0) is 15.2. The fraction of sp³-hybridized carbons (Fsp3) is 0.529. The van der Waals surface area contributed by atoms with Crippen molar-refractivity contribution in [2.24, 2.45) is 0 Å². The Morgan fingerprint density at radius 2 is 1.85 bits per heavy atom. The largest absolute Gasteiger partial charge is 0.307 e. The summed E-state index contributed by atoms with van der Waals surface area (Å²) in [6.45, 7) is 20.2. The van der Waals surface area contributed by atoms with Gasteiger partial charge >= 0.3 is 0 Å². The summed E-state index contributed by atoms with van der Waals surface area (Å²) in [6.07, 6.45) is 3.90. The summed E-state index contributed by atoms with van der Waals surface area (Å²) in [4.78, 5) is 5.16. The van der Waals surface area contributed by atoms with Crippen molar-refractivity contribution in [1.29, 1.82) is 0 Å². The summed E-state index contributed by atoms with van der Waals surface area (Å²) in [5, 5.41) is 3.55. The van der Waals surface area contributed by atoms with Crippen LogP contribution >= 0.6 is 11.3 Å². The zero-order valence-electron chi connectivity index (χ0n) is 13.3. The molecule has 0 saturated carbocycles. The van der Waals surface area contributed by atoms with E-state index in [4.69, 9.17) is 0 Å². The smallest absolute Gasteiger partial charge is 0.0304 e. The fourth-order valence-electron chi connectivity index (χ4n) is 1.99. The molecule has 0 fully saturated rings. The molecular formula is C17H28N2S. The fourth-order valence-corrected chi connectivity index (χ4v) is 2.99. The first-order valence-corrected chi connectivity index (χ1v) is 7.94. The average molecular weight is 292 g/mol. The second-order valence-corrected chi connectivity index (χ2v) is 7.51. The lowest BCUT2D eigenvalue weighted by molar-refractivity contribution is 0.327. The standard InChI is InChI=1S/C17H28N2S/c1-7-9-19(10-8-2)13-15-11-16(20-14(15)3)12-18-17(4,5)6/h7-8,11,18H,1-2,9-10,12-13H2,3-6H3. The van der Waals surface area contributed by atoms with Crippen molar-refractivity contribution in [3.63, 3.8) is 0 Å². The van der Waals surface area contributed by atoms with Crippen LogP contribution in [0.25, 0.3) is 0 Å². The SMILES string of the molecule is C=CCN(CC=C)Cc1cc(CNC(C)(C)C)sc1C. The van der Waals surface area contributed by atoms with E-state index in [1.165, 1.54) is 15.3 Å². The molecule has 0 unspecified atom stereocenters. The maximum absolute atomic E-state index is 3.83. The van der Waals surface area contributed by atoms with Crippen molar-refractivity contribution in [1.82, 2.24) is 10.2 Å². The van der Waals surface area contributed by atoms with Gasteiger partial charge in [0.15, 0.2) is 0 Å². The van der Waals surface area contributed by atoms with Gasteiger partial charge in [0.1, 0.15) is 0 Å². The van der Waals surface area contributed by atoms with Crippen LogP contribution in [0.15, 0.2) is 31.4 Å². The van der Waals surface area contributed by atoms with Gasteiger partial charge in [-0.15, -0.1) is 24.5 Å². The molecule has 1 aromatic heterocycles. The van der Waals surface area contributed by atoms with Gasteiger partial charge in [0.05, 0.1) is 0 Å². The number of nitrogens with zero attached hydrogens (tertiary/aromatic N) is 1. The van der Waals surface area contributed by atoms with Crippen LogP contribution in [0, 0.1) is 6.92 Å². The lowest BCUT2D eigenvalue weighted by Gasteiger charge is -2.20. The van der Waals surface area contributed by atoms with Crippen LogP contribution in [-0.4, -0.2) is 23.5 Å². The maximum atomic E-state index is 3.83. The minimum absolute atomic E-state index is 0.162. The van der Waals surface area contributed by atoms with Crippen LogP contribution in [0.2, 0.25) is 0 Å². The molecule has 20 heavy (non-hydrogen) atoms. The first-order chi connectivity index (χ1) is 9.35. The Labute approximate surface area is 128 Å². The predicted octanol–water partition coefficient (Wildman–Crippen LogP) is 4.12. The van der Waals surface area contributed by atoms with E-state index in [1.807, 2.05) is 23.5 Å². The van der Waals surface area contributed by atoms with Crippen molar-refractivity contribution in [3.8, 4) is 0 Å². The Morgan fingerprint density at radius 1 is 1.25 bits per heavy atom. The Balaban J connectivity index is 2.68. The summed E-state index contributed by atoms with van der Waals surface area (Å²) in [5.41, 5.74) is 1.58. The monoisotopic (exact) mass is 292 g/mol. The number of aryl methyl sites for hydroxylation is 1. The summed E-state index contributed by atoms with van der Waals surface area (Å²) in [5.74, 6) is 0. The van der Waals surface area contributed by atoms with Gasteiger partial charge in [0.25, 0.3) is 0 Å². The number of thiophene rings is 1. The summed E-state index contributed by atoms with van der Waals surface area (Å²) >= 11 is 1.89. The molecule has 3 heteroatoms. The van der Waals surface area contributed by atoms with Gasteiger partial charge in [-0.2, -0.15) is 0 Å². The molecule has 1 rings (SSSR count). The molecule has 0 spiro atoms. The summed E-state index contributed by atoms with van der Waals surface area (Å²) in [6, 6.07) is 2.33. The third kappa shape index (κ3) is 6.04. The van der Waals surface area contributed by atoms with Crippen LogP contribution < -0.4 is 5.32 Å². The summed E-state index contributed by atoms with van der Waals surface area (Å²) in [7, 11) is 0. The zero-order valence-corrected chi connectivity index (χ0v) is 14.1. The highest BCUT2D eigenvalue weighted by atomic mass is 32.1. The van der Waals surface area contributed by atoms with Gasteiger partial charge in [0.2, 0.25) is 0 Å². The van der Waals surface area contributed by atoms with E-state index >= 15 is 0 Å². The predicted molar refractivity (Wildman–Crippen MR) is 91.3 cm³/mol. The Hall–Kier alpha value is -0.900. The van der Waals surface area contributed by atoms with Crippen LogP contribution in [0.4, 0.5) is 0 Å². The third-order valence-corrected chi connectivity index (χ3v) is 4.13. The van der Waals surface area contributed by atoms with E-state index in [2.05, 4.69) is 57.1 Å². The van der Waals surface area contributed by atoms with E-state index in [0.717, 1.165) is 26.2 Å². The number of hydrogen-bond acceptors (Lipinski definition) is 3. The topological polar surface area (TPSA) is 15.3 Å². The van der Waals surface area contributed by atoms with E-state index in [9.17, 15) is 0 Å². The van der Waals surface area contributed by atoms with E-state index in [-0.39, 0.29) is 5.54 Å². The molecule has 1 aromatic rings. The average Bonchev–Trinajstić information content (AvgIpc) is 2.68. The molecule has 0 radical (unpaired) electrons.